The molecule has 1 aliphatic heterocycles. The summed E-state index contributed by atoms with van der Waals surface area (Å²) in [5.74, 6) is -0.200. The highest BCUT2D eigenvalue weighted by Gasteiger charge is 2.49. The number of rotatable bonds is 5. The highest BCUT2D eigenvalue weighted by molar-refractivity contribution is 6.09. The molecule has 0 unspecified atom stereocenters. The van der Waals surface area contributed by atoms with E-state index in [9.17, 15) is 14.0 Å². The van der Waals surface area contributed by atoms with Crippen molar-refractivity contribution in [2.24, 2.45) is 0 Å². The average molecular weight is 378 g/mol. The second kappa shape index (κ2) is 6.96. The summed E-state index contributed by atoms with van der Waals surface area (Å²) in [6, 6.07) is 18.6. The molecule has 3 amide bonds. The quantitative estimate of drug-likeness (QED) is 0.687. The summed E-state index contributed by atoms with van der Waals surface area (Å²) in [6.45, 7) is 1.94. The number of carbonyl (C=O) groups excluding carboxylic acids is 2. The van der Waals surface area contributed by atoms with E-state index in [1.54, 1.807) is 6.92 Å². The Balaban J connectivity index is 1.53. The van der Waals surface area contributed by atoms with Crippen molar-refractivity contribution >= 4 is 22.7 Å². The van der Waals surface area contributed by atoms with Crippen LogP contribution < -0.4 is 10.1 Å². The molecule has 0 aliphatic carbocycles. The van der Waals surface area contributed by atoms with Crippen molar-refractivity contribution in [1.82, 2.24) is 10.2 Å². The number of nitrogens with one attached hydrogen (secondary N) is 1. The summed E-state index contributed by atoms with van der Waals surface area (Å²) >= 11 is 0. The summed E-state index contributed by atoms with van der Waals surface area (Å²) in [7, 11) is 0. The van der Waals surface area contributed by atoms with Crippen LogP contribution in [0, 0.1) is 5.82 Å². The first kappa shape index (κ1) is 18.0. The predicted octanol–water partition coefficient (Wildman–Crippen LogP) is 3.82. The average Bonchev–Trinajstić information content (AvgIpc) is 2.92. The minimum Gasteiger partial charge on any atom is -0.492 e. The molecule has 0 aromatic heterocycles. The van der Waals surface area contributed by atoms with Gasteiger partial charge in [-0.2, -0.15) is 0 Å². The number of hydrogen-bond donors (Lipinski definition) is 1. The van der Waals surface area contributed by atoms with E-state index in [2.05, 4.69) is 5.32 Å². The highest BCUT2D eigenvalue weighted by atomic mass is 19.1. The first-order valence-corrected chi connectivity index (χ1v) is 9.00. The monoisotopic (exact) mass is 378 g/mol. The van der Waals surface area contributed by atoms with E-state index >= 15 is 0 Å². The number of benzene rings is 3. The van der Waals surface area contributed by atoms with Crippen molar-refractivity contribution in [2.45, 2.75) is 12.5 Å². The molecule has 142 valence electrons. The Labute approximate surface area is 161 Å². The van der Waals surface area contributed by atoms with Crippen LogP contribution in [0.3, 0.4) is 0 Å². The lowest BCUT2D eigenvalue weighted by Gasteiger charge is -2.24. The number of ether oxygens (including phenoxy) is 1. The zero-order valence-electron chi connectivity index (χ0n) is 15.3. The molecule has 3 aromatic rings. The molecule has 1 fully saturated rings. The molecule has 4 rings (SSSR count). The van der Waals surface area contributed by atoms with Gasteiger partial charge in [0, 0.05) is 0 Å². The lowest BCUT2D eigenvalue weighted by molar-refractivity contribution is -0.131. The number of imide groups is 1. The van der Waals surface area contributed by atoms with Crippen molar-refractivity contribution in [3.05, 3.63) is 78.1 Å². The summed E-state index contributed by atoms with van der Waals surface area (Å²) < 4.78 is 18.5. The zero-order valence-corrected chi connectivity index (χ0v) is 15.3. The third kappa shape index (κ3) is 3.07. The van der Waals surface area contributed by atoms with E-state index in [0.29, 0.717) is 5.75 Å². The minimum atomic E-state index is -1.15. The van der Waals surface area contributed by atoms with Crippen LogP contribution in [-0.4, -0.2) is 30.0 Å². The summed E-state index contributed by atoms with van der Waals surface area (Å²) in [5.41, 5.74) is -0.390. The number of carbonyl (C=O) groups is 2. The first-order valence-electron chi connectivity index (χ1n) is 9.00. The number of halogens is 1. The first-order chi connectivity index (χ1) is 13.5. The molecule has 6 heteroatoms. The summed E-state index contributed by atoms with van der Waals surface area (Å²) in [5, 5.41) is 4.75. The van der Waals surface area contributed by atoms with Gasteiger partial charge in [0.1, 0.15) is 23.7 Å². The molecular formula is C22H19FN2O3. The van der Waals surface area contributed by atoms with Crippen molar-refractivity contribution in [1.29, 1.82) is 0 Å². The Morgan fingerprint density at radius 2 is 1.71 bits per heavy atom. The van der Waals surface area contributed by atoms with Crippen molar-refractivity contribution in [3.8, 4) is 5.75 Å². The SMILES string of the molecule is C[C@]1(c2cccc3ccccc23)NC(=O)N(CCOc2ccc(F)cc2)C1=O. The van der Waals surface area contributed by atoms with Crippen LogP contribution in [0.25, 0.3) is 10.8 Å². The maximum absolute atomic E-state index is 13.1. The largest absolute Gasteiger partial charge is 0.492 e. The highest BCUT2D eigenvalue weighted by Crippen LogP contribution is 2.33. The normalized spacial score (nSPS) is 19.1. The van der Waals surface area contributed by atoms with E-state index in [-0.39, 0.29) is 24.9 Å². The van der Waals surface area contributed by atoms with Crippen LogP contribution in [0.15, 0.2) is 66.7 Å². The van der Waals surface area contributed by atoms with E-state index < -0.39 is 11.6 Å². The molecule has 0 radical (unpaired) electrons. The Morgan fingerprint density at radius 3 is 2.50 bits per heavy atom. The number of urea groups is 1. The molecule has 1 atom stereocenters. The summed E-state index contributed by atoms with van der Waals surface area (Å²) in [4.78, 5) is 26.7. The Morgan fingerprint density at radius 1 is 1.00 bits per heavy atom. The molecule has 1 N–H and O–H groups in total. The van der Waals surface area contributed by atoms with Gasteiger partial charge >= 0.3 is 6.03 Å². The van der Waals surface area contributed by atoms with Crippen LogP contribution in [0.1, 0.15) is 12.5 Å². The van der Waals surface area contributed by atoms with Gasteiger partial charge in [0.25, 0.3) is 5.91 Å². The van der Waals surface area contributed by atoms with E-state index in [1.807, 2.05) is 42.5 Å². The van der Waals surface area contributed by atoms with Crippen molar-refractivity contribution in [2.75, 3.05) is 13.2 Å². The van der Waals surface area contributed by atoms with Gasteiger partial charge in [-0.15, -0.1) is 0 Å². The molecule has 3 aromatic carbocycles. The second-order valence-corrected chi connectivity index (χ2v) is 6.84. The van der Waals surface area contributed by atoms with Crippen LogP contribution >= 0.6 is 0 Å². The Hall–Kier alpha value is -3.41. The molecular weight excluding hydrogens is 359 g/mol. The van der Waals surface area contributed by atoms with Gasteiger partial charge in [-0.3, -0.25) is 9.69 Å². The van der Waals surface area contributed by atoms with E-state index in [4.69, 9.17) is 4.74 Å². The topological polar surface area (TPSA) is 58.6 Å². The van der Waals surface area contributed by atoms with Gasteiger partial charge in [-0.1, -0.05) is 42.5 Å². The number of amides is 3. The smallest absolute Gasteiger partial charge is 0.325 e. The molecule has 5 nitrogen and oxygen atoms in total. The van der Waals surface area contributed by atoms with Gasteiger partial charge in [0.05, 0.1) is 6.54 Å². The van der Waals surface area contributed by atoms with Crippen LogP contribution in [0.4, 0.5) is 9.18 Å². The lowest BCUT2D eigenvalue weighted by atomic mass is 9.88. The predicted molar refractivity (Wildman–Crippen MR) is 103 cm³/mol. The zero-order chi connectivity index (χ0) is 19.7. The van der Waals surface area contributed by atoms with Crippen LogP contribution in [-0.2, 0) is 10.3 Å². The molecule has 0 saturated carbocycles. The number of nitrogens with zero attached hydrogens (tertiary/aromatic N) is 1. The Kier molecular flexibility index (Phi) is 4.47. The second-order valence-electron chi connectivity index (χ2n) is 6.84. The standard InChI is InChI=1S/C22H19FN2O3/c1-22(19-8-4-6-15-5-2-3-7-18(15)19)20(26)25(21(27)24-22)13-14-28-17-11-9-16(23)10-12-17/h2-12H,13-14H2,1H3,(H,24,27)/t22-/m1/s1. The van der Waals surface area contributed by atoms with Crippen LogP contribution in [0.5, 0.6) is 5.75 Å². The molecule has 0 spiro atoms. The fraction of sp³-hybridized carbons (Fsp3) is 0.182. The van der Waals surface area contributed by atoms with E-state index in [1.165, 1.54) is 24.3 Å². The number of fused-ring (bicyclic) bond motifs is 1. The molecule has 28 heavy (non-hydrogen) atoms. The molecule has 0 bridgehead atoms. The molecule has 1 aliphatic rings. The van der Waals surface area contributed by atoms with Gasteiger partial charge in [0.2, 0.25) is 0 Å². The third-order valence-corrected chi connectivity index (χ3v) is 5.00. The summed E-state index contributed by atoms with van der Waals surface area (Å²) in [6.07, 6.45) is 0. The molecule has 1 saturated heterocycles. The number of hydrogen-bond acceptors (Lipinski definition) is 3. The Bertz CT molecular complexity index is 1050. The van der Waals surface area contributed by atoms with Gasteiger partial charge in [-0.25, -0.2) is 9.18 Å². The fourth-order valence-corrected chi connectivity index (χ4v) is 3.53. The van der Waals surface area contributed by atoms with Gasteiger partial charge in [0.15, 0.2) is 0 Å². The van der Waals surface area contributed by atoms with Crippen molar-refractivity contribution < 1.29 is 18.7 Å². The van der Waals surface area contributed by atoms with Gasteiger partial charge < -0.3 is 10.1 Å². The maximum Gasteiger partial charge on any atom is 0.325 e. The van der Waals surface area contributed by atoms with E-state index in [0.717, 1.165) is 21.2 Å². The minimum absolute atomic E-state index is 0.0996. The van der Waals surface area contributed by atoms with Gasteiger partial charge in [-0.05, 0) is 47.5 Å². The van der Waals surface area contributed by atoms with Crippen LogP contribution in [0.2, 0.25) is 0 Å². The lowest BCUT2D eigenvalue weighted by Crippen LogP contribution is -2.41. The van der Waals surface area contributed by atoms with Crippen molar-refractivity contribution in [3.63, 3.8) is 0 Å². The third-order valence-electron chi connectivity index (χ3n) is 5.00. The molecule has 1 heterocycles. The maximum atomic E-state index is 13.1. The fourth-order valence-electron chi connectivity index (χ4n) is 3.53.